The molecular formula is C20H30N2O4. The average molecular weight is 362 g/mol. The fourth-order valence-electron chi connectivity index (χ4n) is 4.00. The summed E-state index contributed by atoms with van der Waals surface area (Å²) in [6.45, 7) is 1.40. The third kappa shape index (κ3) is 4.61. The van der Waals surface area contributed by atoms with Crippen molar-refractivity contribution in [3.63, 3.8) is 0 Å². The SMILES string of the molecule is COc1ccc(OCC2(CC3CCCCC3)COCC(N)=N2)cc1OC. The van der Waals surface area contributed by atoms with E-state index in [2.05, 4.69) is 0 Å². The number of methoxy groups -OCH3 is 2. The van der Waals surface area contributed by atoms with E-state index < -0.39 is 5.54 Å². The minimum absolute atomic E-state index is 0.405. The molecule has 1 aliphatic heterocycles. The van der Waals surface area contributed by atoms with Gasteiger partial charge in [0.25, 0.3) is 0 Å². The van der Waals surface area contributed by atoms with E-state index in [-0.39, 0.29) is 0 Å². The van der Waals surface area contributed by atoms with Gasteiger partial charge in [-0.3, -0.25) is 4.99 Å². The predicted molar refractivity (Wildman–Crippen MR) is 101 cm³/mol. The minimum atomic E-state index is -0.405. The molecule has 2 N–H and O–H groups in total. The summed E-state index contributed by atoms with van der Waals surface area (Å²) in [6, 6.07) is 5.56. The Hall–Kier alpha value is -1.95. The largest absolute Gasteiger partial charge is 0.493 e. The number of benzene rings is 1. The second-order valence-corrected chi connectivity index (χ2v) is 7.33. The number of amidine groups is 1. The molecule has 1 aromatic rings. The molecule has 1 atom stereocenters. The summed E-state index contributed by atoms with van der Waals surface area (Å²) < 4.78 is 22.5. The lowest BCUT2D eigenvalue weighted by Gasteiger charge is -2.37. The summed E-state index contributed by atoms with van der Waals surface area (Å²) >= 11 is 0. The Morgan fingerprint density at radius 2 is 1.92 bits per heavy atom. The molecule has 2 aliphatic rings. The van der Waals surface area contributed by atoms with E-state index in [0.29, 0.717) is 43.1 Å². The molecule has 1 heterocycles. The molecule has 1 aliphatic carbocycles. The van der Waals surface area contributed by atoms with E-state index >= 15 is 0 Å². The maximum atomic E-state index is 6.10. The van der Waals surface area contributed by atoms with Crippen molar-refractivity contribution in [3.05, 3.63) is 18.2 Å². The highest BCUT2D eigenvalue weighted by atomic mass is 16.5. The third-order valence-electron chi connectivity index (χ3n) is 5.26. The monoisotopic (exact) mass is 362 g/mol. The van der Waals surface area contributed by atoms with Crippen molar-refractivity contribution in [3.8, 4) is 17.2 Å². The molecule has 0 spiro atoms. The van der Waals surface area contributed by atoms with Crippen molar-refractivity contribution in [1.82, 2.24) is 0 Å². The zero-order valence-electron chi connectivity index (χ0n) is 15.8. The molecule has 0 saturated heterocycles. The van der Waals surface area contributed by atoms with Crippen LogP contribution in [0.2, 0.25) is 0 Å². The molecule has 1 fully saturated rings. The molecule has 144 valence electrons. The molecule has 1 saturated carbocycles. The molecule has 0 aromatic heterocycles. The van der Waals surface area contributed by atoms with Gasteiger partial charge in [-0.25, -0.2) is 0 Å². The molecule has 26 heavy (non-hydrogen) atoms. The van der Waals surface area contributed by atoms with Gasteiger partial charge < -0.3 is 24.7 Å². The van der Waals surface area contributed by atoms with E-state index in [1.165, 1.54) is 32.1 Å². The molecular weight excluding hydrogens is 332 g/mol. The van der Waals surface area contributed by atoms with E-state index in [9.17, 15) is 0 Å². The highest BCUT2D eigenvalue weighted by Crippen LogP contribution is 2.35. The van der Waals surface area contributed by atoms with Gasteiger partial charge in [0, 0.05) is 6.07 Å². The summed E-state index contributed by atoms with van der Waals surface area (Å²) in [6.07, 6.45) is 7.42. The Morgan fingerprint density at radius 3 is 2.62 bits per heavy atom. The Kier molecular flexibility index (Phi) is 6.25. The van der Waals surface area contributed by atoms with Crippen molar-refractivity contribution in [1.29, 1.82) is 0 Å². The summed E-state index contributed by atoms with van der Waals surface area (Å²) in [5, 5.41) is 0. The van der Waals surface area contributed by atoms with Gasteiger partial charge in [-0.15, -0.1) is 0 Å². The smallest absolute Gasteiger partial charge is 0.164 e. The van der Waals surface area contributed by atoms with Gasteiger partial charge in [0.05, 0.1) is 20.8 Å². The maximum absolute atomic E-state index is 6.10. The molecule has 0 bridgehead atoms. The van der Waals surface area contributed by atoms with Gasteiger partial charge in [-0.1, -0.05) is 32.1 Å². The molecule has 1 unspecified atom stereocenters. The highest BCUT2D eigenvalue weighted by Gasteiger charge is 2.37. The second kappa shape index (κ2) is 8.62. The van der Waals surface area contributed by atoms with E-state index in [4.69, 9.17) is 29.7 Å². The van der Waals surface area contributed by atoms with Gasteiger partial charge in [0.2, 0.25) is 0 Å². The fourth-order valence-corrected chi connectivity index (χ4v) is 4.00. The topological polar surface area (TPSA) is 75.3 Å². The molecule has 0 radical (unpaired) electrons. The number of nitrogens with two attached hydrogens (primary N) is 1. The Morgan fingerprint density at radius 1 is 1.15 bits per heavy atom. The van der Waals surface area contributed by atoms with Crippen LogP contribution in [0.15, 0.2) is 23.2 Å². The summed E-state index contributed by atoms with van der Waals surface area (Å²) in [7, 11) is 3.24. The lowest BCUT2D eigenvalue weighted by molar-refractivity contribution is 0.0510. The first kappa shape index (κ1) is 18.8. The normalized spacial score (nSPS) is 24.0. The van der Waals surface area contributed by atoms with Gasteiger partial charge >= 0.3 is 0 Å². The van der Waals surface area contributed by atoms with Crippen LogP contribution in [0, 0.1) is 5.92 Å². The minimum Gasteiger partial charge on any atom is -0.493 e. The predicted octanol–water partition coefficient (Wildman–Crippen LogP) is 3.18. The quantitative estimate of drug-likeness (QED) is 0.806. The van der Waals surface area contributed by atoms with E-state index in [0.717, 1.165) is 12.2 Å². The zero-order valence-corrected chi connectivity index (χ0v) is 15.8. The summed E-state index contributed by atoms with van der Waals surface area (Å²) in [4.78, 5) is 4.79. The summed E-state index contributed by atoms with van der Waals surface area (Å²) in [5.41, 5.74) is 5.60. The number of hydrogen-bond donors (Lipinski definition) is 1. The Balaban J connectivity index is 1.72. The van der Waals surface area contributed by atoms with E-state index in [1.807, 2.05) is 18.2 Å². The Bertz CT molecular complexity index is 628. The third-order valence-corrected chi connectivity index (χ3v) is 5.26. The fraction of sp³-hybridized carbons (Fsp3) is 0.650. The Labute approximate surface area is 155 Å². The number of ether oxygens (including phenoxy) is 4. The maximum Gasteiger partial charge on any atom is 0.164 e. The van der Waals surface area contributed by atoms with Crippen molar-refractivity contribution >= 4 is 5.84 Å². The van der Waals surface area contributed by atoms with E-state index in [1.54, 1.807) is 14.2 Å². The number of nitrogens with zero attached hydrogens (tertiary/aromatic N) is 1. The second-order valence-electron chi connectivity index (χ2n) is 7.33. The highest BCUT2D eigenvalue weighted by molar-refractivity contribution is 5.82. The standard InChI is InChI=1S/C20H30N2O4/c1-23-17-9-8-16(10-18(17)24-2)26-14-20(13-25-12-19(21)22-20)11-15-6-4-3-5-7-15/h8-10,15H,3-7,11-14H2,1-2H3,(H2,21,22). The first-order valence-electron chi connectivity index (χ1n) is 9.41. The first-order valence-corrected chi connectivity index (χ1v) is 9.41. The van der Waals surface area contributed by atoms with Gasteiger partial charge in [-0.2, -0.15) is 0 Å². The van der Waals surface area contributed by atoms with Crippen molar-refractivity contribution in [2.75, 3.05) is 34.0 Å². The van der Waals surface area contributed by atoms with Gasteiger partial charge in [0.1, 0.15) is 30.3 Å². The molecule has 6 nitrogen and oxygen atoms in total. The van der Waals surface area contributed by atoms with Crippen LogP contribution in [0.3, 0.4) is 0 Å². The van der Waals surface area contributed by atoms with Crippen LogP contribution in [-0.4, -0.2) is 45.4 Å². The van der Waals surface area contributed by atoms with Gasteiger partial charge in [0.15, 0.2) is 11.5 Å². The van der Waals surface area contributed by atoms with Crippen molar-refractivity contribution < 1.29 is 18.9 Å². The number of hydrogen-bond acceptors (Lipinski definition) is 6. The van der Waals surface area contributed by atoms with Crippen LogP contribution >= 0.6 is 0 Å². The van der Waals surface area contributed by atoms with Crippen LogP contribution in [0.4, 0.5) is 0 Å². The molecule has 1 aromatic carbocycles. The molecule has 3 rings (SSSR count). The lowest BCUT2D eigenvalue weighted by atomic mass is 9.80. The zero-order chi connectivity index (χ0) is 18.4. The number of rotatable bonds is 7. The van der Waals surface area contributed by atoms with Crippen LogP contribution in [0.5, 0.6) is 17.2 Å². The van der Waals surface area contributed by atoms with Crippen LogP contribution in [0.25, 0.3) is 0 Å². The molecule has 0 amide bonds. The van der Waals surface area contributed by atoms with Gasteiger partial charge in [-0.05, 0) is 24.5 Å². The number of aliphatic imine (C=N–C) groups is 1. The first-order chi connectivity index (χ1) is 12.6. The molecule has 6 heteroatoms. The lowest BCUT2D eigenvalue weighted by Crippen LogP contribution is -2.47. The van der Waals surface area contributed by atoms with Crippen LogP contribution in [0.1, 0.15) is 38.5 Å². The van der Waals surface area contributed by atoms with Crippen molar-refractivity contribution in [2.45, 2.75) is 44.1 Å². The van der Waals surface area contributed by atoms with Crippen LogP contribution < -0.4 is 19.9 Å². The average Bonchev–Trinajstić information content (AvgIpc) is 2.67. The van der Waals surface area contributed by atoms with Crippen LogP contribution in [-0.2, 0) is 4.74 Å². The van der Waals surface area contributed by atoms with Crippen molar-refractivity contribution in [2.24, 2.45) is 16.6 Å². The summed E-state index contributed by atoms with van der Waals surface area (Å²) in [5.74, 6) is 3.28.